The van der Waals surface area contributed by atoms with Crippen molar-refractivity contribution in [2.45, 2.75) is 66.5 Å². The molecule has 6 aromatic rings. The van der Waals surface area contributed by atoms with Gasteiger partial charge in [0.15, 0.2) is 11.6 Å². The number of pyridine rings is 2. The topological polar surface area (TPSA) is 116 Å². The van der Waals surface area contributed by atoms with Crippen LogP contribution in [-0.2, 0) is 17.6 Å². The van der Waals surface area contributed by atoms with Crippen molar-refractivity contribution < 1.29 is 27.1 Å². The van der Waals surface area contributed by atoms with Crippen LogP contribution >= 0.6 is 9.64 Å². The summed E-state index contributed by atoms with van der Waals surface area (Å²) in [6.45, 7) is 12.4. The van der Waals surface area contributed by atoms with E-state index < -0.39 is 0 Å². The van der Waals surface area contributed by atoms with E-state index in [0.29, 0.717) is 12.1 Å². The Hall–Kier alpha value is -4.33. The third kappa shape index (κ3) is 10.9. The number of methoxy groups -OCH3 is 2. The first-order chi connectivity index (χ1) is 23.2. The number of aromatic nitrogens is 10. The van der Waals surface area contributed by atoms with Crippen LogP contribution in [-0.4, -0.2) is 62.9 Å². The van der Waals surface area contributed by atoms with Crippen LogP contribution in [0.4, 0.5) is 0 Å². The Bertz CT molecular complexity index is 1640. The third-order valence-electron chi connectivity index (χ3n) is 7.73. The SMILES string of the molecule is CCC(CC(C)n1ccnc1)n1ccnc1.COc1ccnc(-n2cc(C)c(C)n2)c1.COc1ccnc(-n2cc(C)c(C)n2)c1.[Cl][Os]. The molecule has 0 aliphatic carbocycles. The molecular formula is C34H44ClN10O2Os. The van der Waals surface area contributed by atoms with E-state index in [9.17, 15) is 0 Å². The van der Waals surface area contributed by atoms with Crippen molar-refractivity contribution in [3.63, 3.8) is 0 Å². The molecule has 257 valence electrons. The minimum atomic E-state index is 0.467. The molecule has 6 aromatic heterocycles. The Labute approximate surface area is 297 Å². The van der Waals surface area contributed by atoms with E-state index in [-0.39, 0.29) is 0 Å². The third-order valence-corrected chi connectivity index (χ3v) is 7.73. The van der Waals surface area contributed by atoms with Crippen LogP contribution in [0.2, 0.25) is 0 Å². The average Bonchev–Trinajstić information content (AvgIpc) is 3.96. The molecule has 2 atom stereocenters. The summed E-state index contributed by atoms with van der Waals surface area (Å²) < 4.78 is 18.1. The standard InChI is InChI=1S/C12H18N4.2C11H13N3O.ClH.Os/c1-3-12(16-7-5-14-10-16)8-11(2)15-6-4-13-9-15;2*1-8-7-14(13-9(8)2)11-6-10(15-3)4-5-12-11;;/h4-7,9-12H,3,8H2,1-2H3;2*4-7H,1-3H3;1H;/q;;;;+1/p-1. The second-order valence-corrected chi connectivity index (χ2v) is 11.0. The number of rotatable bonds is 9. The van der Waals surface area contributed by atoms with Crippen molar-refractivity contribution in [1.82, 2.24) is 48.6 Å². The number of ether oxygens (including phenoxy) is 2. The summed E-state index contributed by atoms with van der Waals surface area (Å²) in [5, 5.41) is 8.71. The first-order valence-electron chi connectivity index (χ1n) is 15.4. The maximum absolute atomic E-state index is 5.13. The van der Waals surface area contributed by atoms with Crippen LogP contribution in [0.3, 0.4) is 0 Å². The van der Waals surface area contributed by atoms with E-state index in [0.717, 1.165) is 58.5 Å². The van der Waals surface area contributed by atoms with E-state index in [1.807, 2.05) is 102 Å². The molecule has 6 rings (SSSR count). The molecule has 48 heavy (non-hydrogen) atoms. The molecule has 0 fully saturated rings. The Morgan fingerprint density at radius 3 is 1.54 bits per heavy atom. The van der Waals surface area contributed by atoms with Crippen LogP contribution in [0.25, 0.3) is 11.6 Å². The van der Waals surface area contributed by atoms with Gasteiger partial charge in [-0.3, -0.25) is 0 Å². The molecule has 0 saturated heterocycles. The van der Waals surface area contributed by atoms with Gasteiger partial charge in [0.05, 0.1) is 38.3 Å². The van der Waals surface area contributed by atoms with Gasteiger partial charge in [-0.2, -0.15) is 10.2 Å². The summed E-state index contributed by atoms with van der Waals surface area (Å²) >= 11 is 1.33. The molecule has 0 aromatic carbocycles. The van der Waals surface area contributed by atoms with Gasteiger partial charge < -0.3 is 18.6 Å². The van der Waals surface area contributed by atoms with E-state index in [2.05, 4.69) is 62.8 Å². The molecule has 14 heteroatoms. The Morgan fingerprint density at radius 1 is 0.729 bits per heavy atom. The van der Waals surface area contributed by atoms with Gasteiger partial charge in [-0.1, -0.05) is 6.92 Å². The molecule has 0 aliphatic rings. The molecule has 12 nitrogen and oxygen atoms in total. The molecule has 0 spiro atoms. The minimum absolute atomic E-state index is 0.467. The molecule has 6 heterocycles. The van der Waals surface area contributed by atoms with Gasteiger partial charge in [-0.25, -0.2) is 29.3 Å². The van der Waals surface area contributed by atoms with E-state index >= 15 is 0 Å². The van der Waals surface area contributed by atoms with Crippen molar-refractivity contribution in [2.75, 3.05) is 14.2 Å². The van der Waals surface area contributed by atoms with Crippen LogP contribution in [0.5, 0.6) is 11.5 Å². The van der Waals surface area contributed by atoms with Gasteiger partial charge in [0.25, 0.3) is 0 Å². The summed E-state index contributed by atoms with van der Waals surface area (Å²) in [6.07, 6.45) is 21.0. The number of hydrogen-bond acceptors (Lipinski definition) is 8. The van der Waals surface area contributed by atoms with Gasteiger partial charge in [-0.05, 0) is 70.7 Å². The van der Waals surface area contributed by atoms with Crippen LogP contribution in [0.1, 0.15) is 61.3 Å². The van der Waals surface area contributed by atoms with Gasteiger partial charge in [0.1, 0.15) is 11.5 Å². The fourth-order valence-corrected chi connectivity index (χ4v) is 4.66. The fourth-order valence-electron chi connectivity index (χ4n) is 4.66. The zero-order chi connectivity index (χ0) is 35.1. The fraction of sp³-hybridized carbons (Fsp3) is 0.353. The molecule has 0 N–H and O–H groups in total. The predicted octanol–water partition coefficient (Wildman–Crippen LogP) is 7.15. The molecule has 2 unspecified atom stereocenters. The Morgan fingerprint density at radius 2 is 1.19 bits per heavy atom. The summed E-state index contributed by atoms with van der Waals surface area (Å²) in [7, 11) is 7.94. The van der Waals surface area contributed by atoms with Crippen LogP contribution in [0.15, 0.2) is 86.5 Å². The molecule has 0 radical (unpaired) electrons. The van der Waals surface area contributed by atoms with Crippen LogP contribution in [0, 0.1) is 27.7 Å². The van der Waals surface area contributed by atoms with Crippen molar-refractivity contribution >= 4 is 9.64 Å². The maximum atomic E-state index is 5.13. The number of imidazole rings is 2. The van der Waals surface area contributed by atoms with E-state index in [4.69, 9.17) is 9.47 Å². The molecule has 0 bridgehead atoms. The Balaban J connectivity index is 0.000000190. The molecule has 0 amide bonds. The summed E-state index contributed by atoms with van der Waals surface area (Å²) in [4.78, 5) is 16.7. The van der Waals surface area contributed by atoms with Gasteiger partial charge >= 0.3 is 27.2 Å². The quantitative estimate of drug-likeness (QED) is 0.151. The summed E-state index contributed by atoms with van der Waals surface area (Å²) in [5.41, 5.74) is 4.33. The number of hydrogen-bond donors (Lipinski definition) is 0. The summed E-state index contributed by atoms with van der Waals surface area (Å²) in [6, 6.07) is 8.31. The monoisotopic (exact) mass is 851 g/mol. The Kier molecular flexibility index (Phi) is 15.5. The van der Waals surface area contributed by atoms with Gasteiger partial charge in [0, 0.05) is 73.8 Å². The van der Waals surface area contributed by atoms with Gasteiger partial charge in [0.2, 0.25) is 0 Å². The zero-order valence-electron chi connectivity index (χ0n) is 28.7. The molecule has 0 saturated carbocycles. The number of halogens is 1. The molecule has 0 aliphatic heterocycles. The number of nitrogens with zero attached hydrogens (tertiary/aromatic N) is 10. The van der Waals surface area contributed by atoms with Crippen LogP contribution < -0.4 is 9.47 Å². The first-order valence-corrected chi connectivity index (χ1v) is 18.5. The normalized spacial score (nSPS) is 11.5. The second kappa shape index (κ2) is 19.5. The number of aryl methyl sites for hydroxylation is 4. The summed E-state index contributed by atoms with van der Waals surface area (Å²) in [5.74, 6) is 3.10. The predicted molar refractivity (Wildman–Crippen MR) is 184 cm³/mol. The van der Waals surface area contributed by atoms with Gasteiger partial charge in [-0.15, -0.1) is 0 Å². The zero-order valence-corrected chi connectivity index (χ0v) is 32.0. The second-order valence-electron chi connectivity index (χ2n) is 11.0. The van der Waals surface area contributed by atoms with Crippen molar-refractivity contribution in [2.24, 2.45) is 0 Å². The van der Waals surface area contributed by atoms with Crippen molar-refractivity contribution in [3.8, 4) is 23.1 Å². The first kappa shape index (κ1) is 38.1. The average molecular weight is 850 g/mol. The van der Waals surface area contributed by atoms with E-state index in [1.54, 1.807) is 36.0 Å². The van der Waals surface area contributed by atoms with Crippen molar-refractivity contribution in [3.05, 3.63) is 109 Å². The van der Waals surface area contributed by atoms with Crippen molar-refractivity contribution in [1.29, 1.82) is 0 Å². The van der Waals surface area contributed by atoms with E-state index in [1.165, 1.54) is 17.6 Å². The molecular weight excluding hydrogens is 806 g/mol.